The molecule has 1 aliphatic heterocycles. The Morgan fingerprint density at radius 3 is 2.63 bits per heavy atom. The summed E-state index contributed by atoms with van der Waals surface area (Å²) < 4.78 is 11.1. The first-order valence-electron chi connectivity index (χ1n) is 10.2. The van der Waals surface area contributed by atoms with Gasteiger partial charge in [-0.1, -0.05) is 12.1 Å². The number of piperazine rings is 1. The number of H-pyrrole nitrogens is 1. The third-order valence-corrected chi connectivity index (χ3v) is 5.63. The lowest BCUT2D eigenvalue weighted by Crippen LogP contribution is -2.49. The van der Waals surface area contributed by atoms with Gasteiger partial charge >= 0.3 is 5.97 Å². The Bertz CT molecular complexity index is 1020. The highest BCUT2D eigenvalue weighted by Crippen LogP contribution is 2.33. The third kappa shape index (κ3) is 3.80. The van der Waals surface area contributed by atoms with E-state index in [4.69, 9.17) is 9.47 Å². The Morgan fingerprint density at radius 1 is 1.17 bits per heavy atom. The molecule has 2 heterocycles. The van der Waals surface area contributed by atoms with Crippen LogP contribution in [-0.4, -0.2) is 60.9 Å². The topological polar surface area (TPSA) is 78.0 Å². The minimum atomic E-state index is -0.845. The first-order chi connectivity index (χ1) is 14.6. The second kappa shape index (κ2) is 8.67. The number of aliphatic carboxylic acids is 1. The van der Waals surface area contributed by atoms with Crippen molar-refractivity contribution in [3.8, 4) is 11.5 Å². The Hall–Kier alpha value is -3.19. The molecular weight excluding hydrogens is 382 g/mol. The van der Waals surface area contributed by atoms with E-state index in [-0.39, 0.29) is 0 Å². The lowest BCUT2D eigenvalue weighted by molar-refractivity contribution is -0.143. The summed E-state index contributed by atoms with van der Waals surface area (Å²) in [5, 5.41) is 10.9. The van der Waals surface area contributed by atoms with Crippen LogP contribution in [0.5, 0.6) is 11.5 Å². The molecule has 0 saturated carbocycles. The summed E-state index contributed by atoms with van der Waals surface area (Å²) in [5.41, 5.74) is 2.73. The molecule has 30 heavy (non-hydrogen) atoms. The standard InChI is InChI=1S/C23H27N3O4/c1-3-30-21-7-5-4-6-20(21)25-10-12-26(13-11-25)22(23(27)28)18-15-24-19-9-8-16(29-2)14-17(18)19/h4-9,14-15,22,24H,3,10-13H2,1-2H3,(H,27,28)/t22-/m0/s1. The maximum atomic E-state index is 12.3. The average Bonchev–Trinajstić information content (AvgIpc) is 3.17. The molecule has 2 N–H and O–H groups in total. The molecule has 0 aliphatic carbocycles. The maximum absolute atomic E-state index is 12.3. The normalized spacial score (nSPS) is 15.9. The molecule has 4 rings (SSSR count). The average molecular weight is 409 g/mol. The van der Waals surface area contributed by atoms with Crippen molar-refractivity contribution in [3.63, 3.8) is 0 Å². The minimum Gasteiger partial charge on any atom is -0.497 e. The van der Waals surface area contributed by atoms with Crippen molar-refractivity contribution < 1.29 is 19.4 Å². The van der Waals surface area contributed by atoms with E-state index in [0.29, 0.717) is 25.4 Å². The number of hydrogen-bond acceptors (Lipinski definition) is 5. The summed E-state index contributed by atoms with van der Waals surface area (Å²) in [6.07, 6.45) is 1.81. The van der Waals surface area contributed by atoms with Gasteiger partial charge in [0.25, 0.3) is 0 Å². The van der Waals surface area contributed by atoms with Crippen LogP contribution >= 0.6 is 0 Å². The van der Waals surface area contributed by atoms with Crippen LogP contribution in [0.15, 0.2) is 48.7 Å². The Balaban J connectivity index is 1.56. The number of aromatic amines is 1. The van der Waals surface area contributed by atoms with Crippen LogP contribution in [0.4, 0.5) is 5.69 Å². The zero-order chi connectivity index (χ0) is 21.1. The van der Waals surface area contributed by atoms with E-state index in [1.807, 2.05) is 48.2 Å². The number of nitrogens with zero attached hydrogens (tertiary/aromatic N) is 2. The van der Waals surface area contributed by atoms with Gasteiger partial charge < -0.3 is 24.5 Å². The molecule has 3 aromatic rings. The molecule has 2 aromatic carbocycles. The van der Waals surface area contributed by atoms with E-state index < -0.39 is 12.0 Å². The van der Waals surface area contributed by atoms with Crippen LogP contribution < -0.4 is 14.4 Å². The van der Waals surface area contributed by atoms with Gasteiger partial charge in [0, 0.05) is 48.8 Å². The molecule has 0 spiro atoms. The van der Waals surface area contributed by atoms with Crippen molar-refractivity contribution >= 4 is 22.6 Å². The van der Waals surface area contributed by atoms with E-state index in [1.54, 1.807) is 13.3 Å². The number of ether oxygens (including phenoxy) is 2. The number of rotatable bonds is 7. The minimum absolute atomic E-state index is 0.613. The summed E-state index contributed by atoms with van der Waals surface area (Å²) >= 11 is 0. The Labute approximate surface area is 175 Å². The number of carboxylic acid groups (broad SMARTS) is 1. The fourth-order valence-electron chi connectivity index (χ4n) is 4.18. The molecule has 1 fully saturated rings. The number of aromatic nitrogens is 1. The zero-order valence-corrected chi connectivity index (χ0v) is 17.3. The number of carboxylic acids is 1. The molecule has 0 amide bonds. The van der Waals surface area contributed by atoms with Crippen LogP contribution in [0.3, 0.4) is 0 Å². The van der Waals surface area contributed by atoms with Gasteiger partial charge in [-0.25, -0.2) is 0 Å². The molecule has 0 radical (unpaired) electrons. The van der Waals surface area contributed by atoms with E-state index in [0.717, 1.165) is 41.0 Å². The highest BCUT2D eigenvalue weighted by molar-refractivity contribution is 5.90. The molecule has 7 heteroatoms. The van der Waals surface area contributed by atoms with Gasteiger partial charge in [-0.2, -0.15) is 0 Å². The second-order valence-corrected chi connectivity index (χ2v) is 7.32. The number of nitrogens with one attached hydrogen (secondary N) is 1. The van der Waals surface area contributed by atoms with Crippen LogP contribution in [-0.2, 0) is 4.79 Å². The summed E-state index contributed by atoms with van der Waals surface area (Å²) in [6, 6.07) is 13.0. The highest BCUT2D eigenvalue weighted by Gasteiger charge is 2.32. The van der Waals surface area contributed by atoms with Crippen molar-refractivity contribution in [2.75, 3.05) is 44.8 Å². The summed E-state index contributed by atoms with van der Waals surface area (Å²) in [7, 11) is 1.61. The van der Waals surface area contributed by atoms with E-state index in [1.165, 1.54) is 0 Å². The SMILES string of the molecule is CCOc1ccccc1N1CCN([C@H](C(=O)O)c2c[nH]c3ccc(OC)cc23)CC1. The largest absolute Gasteiger partial charge is 0.497 e. The van der Waals surface area contributed by atoms with Gasteiger partial charge in [0.1, 0.15) is 17.5 Å². The fraction of sp³-hybridized carbons (Fsp3) is 0.348. The highest BCUT2D eigenvalue weighted by atomic mass is 16.5. The van der Waals surface area contributed by atoms with Gasteiger partial charge in [-0.15, -0.1) is 0 Å². The molecule has 0 unspecified atom stereocenters. The molecule has 7 nitrogen and oxygen atoms in total. The maximum Gasteiger partial charge on any atom is 0.325 e. The number of para-hydroxylation sites is 2. The van der Waals surface area contributed by atoms with Crippen molar-refractivity contribution in [1.29, 1.82) is 0 Å². The Kier molecular flexibility index (Phi) is 5.81. The molecule has 0 bridgehead atoms. The van der Waals surface area contributed by atoms with Gasteiger partial charge in [0.2, 0.25) is 0 Å². The number of methoxy groups -OCH3 is 1. The first-order valence-corrected chi connectivity index (χ1v) is 10.2. The summed E-state index contributed by atoms with van der Waals surface area (Å²) in [6.45, 7) is 5.35. The number of carbonyl (C=O) groups is 1. The van der Waals surface area contributed by atoms with E-state index in [9.17, 15) is 9.90 Å². The molecule has 158 valence electrons. The Morgan fingerprint density at radius 2 is 1.93 bits per heavy atom. The van der Waals surface area contributed by atoms with E-state index >= 15 is 0 Å². The van der Waals surface area contributed by atoms with E-state index in [2.05, 4.69) is 16.0 Å². The summed E-state index contributed by atoms with van der Waals surface area (Å²) in [5.74, 6) is 0.735. The predicted octanol–water partition coefficient (Wildman–Crippen LogP) is 3.52. The van der Waals surface area contributed by atoms with Gasteiger partial charge in [0.15, 0.2) is 0 Å². The van der Waals surface area contributed by atoms with Crippen LogP contribution in [0.1, 0.15) is 18.5 Å². The van der Waals surface area contributed by atoms with Crippen molar-refractivity contribution in [3.05, 3.63) is 54.2 Å². The van der Waals surface area contributed by atoms with Gasteiger partial charge in [-0.05, 0) is 37.3 Å². The van der Waals surface area contributed by atoms with Crippen LogP contribution in [0, 0.1) is 0 Å². The number of benzene rings is 2. The quantitative estimate of drug-likeness (QED) is 0.622. The lowest BCUT2D eigenvalue weighted by atomic mass is 10.0. The number of fused-ring (bicyclic) bond motifs is 1. The first kappa shape index (κ1) is 20.1. The van der Waals surface area contributed by atoms with Gasteiger partial charge in [0.05, 0.1) is 19.4 Å². The van der Waals surface area contributed by atoms with Gasteiger partial charge in [-0.3, -0.25) is 9.69 Å². The third-order valence-electron chi connectivity index (χ3n) is 5.63. The number of hydrogen-bond donors (Lipinski definition) is 2. The van der Waals surface area contributed by atoms with Crippen LogP contribution in [0.25, 0.3) is 10.9 Å². The lowest BCUT2D eigenvalue weighted by Gasteiger charge is -2.39. The van der Waals surface area contributed by atoms with Crippen molar-refractivity contribution in [2.45, 2.75) is 13.0 Å². The second-order valence-electron chi connectivity index (χ2n) is 7.32. The van der Waals surface area contributed by atoms with Crippen molar-refractivity contribution in [1.82, 2.24) is 9.88 Å². The van der Waals surface area contributed by atoms with Crippen molar-refractivity contribution in [2.24, 2.45) is 0 Å². The number of anilines is 1. The molecule has 1 aromatic heterocycles. The molecular formula is C23H27N3O4. The summed E-state index contributed by atoms with van der Waals surface area (Å²) in [4.78, 5) is 19.8. The monoisotopic (exact) mass is 409 g/mol. The molecule has 1 saturated heterocycles. The van der Waals surface area contributed by atoms with Crippen LogP contribution in [0.2, 0.25) is 0 Å². The molecule has 1 atom stereocenters. The molecule has 1 aliphatic rings. The predicted molar refractivity (Wildman–Crippen MR) is 117 cm³/mol. The fourth-order valence-corrected chi connectivity index (χ4v) is 4.18. The zero-order valence-electron chi connectivity index (χ0n) is 17.3. The smallest absolute Gasteiger partial charge is 0.325 e.